The van der Waals surface area contributed by atoms with Crippen LogP contribution in [0.1, 0.15) is 27.1 Å². The largest absolute Gasteiger partial charge is 0.461 e. The maximum Gasteiger partial charge on any atom is 0.356 e. The second-order valence-electron chi connectivity index (χ2n) is 3.82. The number of aromatic nitrogens is 2. The van der Waals surface area contributed by atoms with Gasteiger partial charge in [0, 0.05) is 13.1 Å². The summed E-state index contributed by atoms with van der Waals surface area (Å²) in [6, 6.07) is 3.99. The number of aryl methyl sites for hydroxylation is 1. The number of carbonyl (C=O) groups excluding carboxylic acids is 2. The highest BCUT2D eigenvalue weighted by Gasteiger charge is 2.16. The number of nitrogens with one attached hydrogen (secondary N) is 1. The zero-order valence-corrected chi connectivity index (χ0v) is 11.7. The predicted molar refractivity (Wildman–Crippen MR) is 71.4 cm³/mol. The van der Waals surface area contributed by atoms with E-state index in [1.165, 1.54) is 22.9 Å². The molecule has 2 rings (SSSR count). The first kappa shape index (κ1) is 14.2. The van der Waals surface area contributed by atoms with Crippen LogP contribution < -0.4 is 5.32 Å². The lowest BCUT2D eigenvalue weighted by atomic mass is 10.4. The fourth-order valence-corrected chi connectivity index (χ4v) is 2.16. The average Bonchev–Trinajstić information content (AvgIpc) is 2.96. The van der Waals surface area contributed by atoms with E-state index in [2.05, 4.69) is 10.4 Å². The van der Waals surface area contributed by atoms with Crippen LogP contribution >= 0.6 is 11.3 Å². The lowest BCUT2D eigenvalue weighted by Gasteiger charge is -1.99. The average molecular weight is 297 g/mol. The first-order valence-corrected chi connectivity index (χ1v) is 6.60. The molecule has 8 heteroatoms. The molecular weight excluding hydrogens is 285 g/mol. The number of carbonyl (C=O) groups is 2. The molecule has 0 radical (unpaired) electrons. The molecule has 1 N–H and O–H groups in total. The molecule has 0 aromatic carbocycles. The number of esters is 1. The maximum absolute atomic E-state index is 12.8. The molecule has 2 heterocycles. The second-order valence-corrected chi connectivity index (χ2v) is 4.85. The molecule has 0 saturated heterocycles. The van der Waals surface area contributed by atoms with Crippen LogP contribution in [0.25, 0.3) is 0 Å². The number of amides is 1. The molecule has 2 aromatic heterocycles. The Kier molecular flexibility index (Phi) is 4.14. The van der Waals surface area contributed by atoms with Crippen molar-refractivity contribution < 1.29 is 18.7 Å². The molecular formula is C12H12FN3O3S. The normalized spacial score (nSPS) is 10.3. The van der Waals surface area contributed by atoms with E-state index in [4.69, 9.17) is 4.74 Å². The summed E-state index contributed by atoms with van der Waals surface area (Å²) in [5.74, 6) is -0.799. The number of ether oxygens (including phenoxy) is 1. The molecule has 0 aliphatic carbocycles. The number of rotatable bonds is 4. The van der Waals surface area contributed by atoms with Gasteiger partial charge in [0.1, 0.15) is 5.69 Å². The van der Waals surface area contributed by atoms with Gasteiger partial charge in [0.15, 0.2) is 10.9 Å². The zero-order valence-electron chi connectivity index (χ0n) is 10.8. The molecule has 0 bridgehead atoms. The number of hydrogen-bond acceptors (Lipinski definition) is 5. The van der Waals surface area contributed by atoms with Gasteiger partial charge in [-0.1, -0.05) is 0 Å². The van der Waals surface area contributed by atoms with Crippen molar-refractivity contribution in [3.05, 3.63) is 33.9 Å². The van der Waals surface area contributed by atoms with Gasteiger partial charge < -0.3 is 10.1 Å². The lowest BCUT2D eigenvalue weighted by molar-refractivity contribution is 0.0513. The van der Waals surface area contributed by atoms with Gasteiger partial charge in [-0.2, -0.15) is 9.49 Å². The summed E-state index contributed by atoms with van der Waals surface area (Å²) in [5.41, 5.74) is 0.222. The number of anilines is 1. The summed E-state index contributed by atoms with van der Waals surface area (Å²) in [4.78, 5) is 23.6. The van der Waals surface area contributed by atoms with E-state index in [-0.39, 0.29) is 23.0 Å². The Balaban J connectivity index is 2.12. The van der Waals surface area contributed by atoms with Crippen LogP contribution in [-0.4, -0.2) is 28.3 Å². The van der Waals surface area contributed by atoms with Crippen LogP contribution in [0.4, 0.5) is 10.2 Å². The highest BCUT2D eigenvalue weighted by molar-refractivity contribution is 7.12. The molecule has 0 fully saturated rings. The molecule has 1 amide bonds. The van der Waals surface area contributed by atoms with Crippen molar-refractivity contribution in [3.8, 4) is 0 Å². The highest BCUT2D eigenvalue weighted by Crippen LogP contribution is 2.17. The fourth-order valence-electron chi connectivity index (χ4n) is 1.54. The Bertz CT molecular complexity index is 650. The van der Waals surface area contributed by atoms with E-state index in [0.717, 1.165) is 11.3 Å². The molecule has 2 aromatic rings. The van der Waals surface area contributed by atoms with E-state index in [1.807, 2.05) is 0 Å². The summed E-state index contributed by atoms with van der Waals surface area (Å²) in [7, 11) is 1.56. The van der Waals surface area contributed by atoms with E-state index < -0.39 is 17.0 Å². The standard InChI is InChI=1S/C12H12FN3O3S/c1-3-19-12(18)7-6-10(15-16(7)2)14-11(17)8-4-5-9(13)20-8/h4-6H,3H2,1-2H3,(H,14,15,17). The molecule has 0 aliphatic heterocycles. The molecule has 6 nitrogen and oxygen atoms in total. The molecule has 0 saturated carbocycles. The van der Waals surface area contributed by atoms with Gasteiger partial charge in [0.2, 0.25) is 0 Å². The van der Waals surface area contributed by atoms with E-state index in [9.17, 15) is 14.0 Å². The zero-order chi connectivity index (χ0) is 14.7. The smallest absolute Gasteiger partial charge is 0.356 e. The van der Waals surface area contributed by atoms with Crippen molar-refractivity contribution >= 4 is 29.0 Å². The van der Waals surface area contributed by atoms with Crippen molar-refractivity contribution in [3.63, 3.8) is 0 Å². The van der Waals surface area contributed by atoms with Gasteiger partial charge in [-0.3, -0.25) is 9.48 Å². The first-order chi connectivity index (χ1) is 9.51. The fraction of sp³-hybridized carbons (Fsp3) is 0.250. The van der Waals surface area contributed by atoms with Gasteiger partial charge in [0.05, 0.1) is 11.5 Å². The number of halogens is 1. The predicted octanol–water partition coefficient (Wildman–Crippen LogP) is 2.05. The minimum absolute atomic E-state index is 0.203. The quantitative estimate of drug-likeness (QED) is 0.877. The third-order valence-corrected chi connectivity index (χ3v) is 3.28. The summed E-state index contributed by atoms with van der Waals surface area (Å²) in [6.45, 7) is 1.95. The Morgan fingerprint density at radius 2 is 2.25 bits per heavy atom. The summed E-state index contributed by atoms with van der Waals surface area (Å²) < 4.78 is 19.0. The van der Waals surface area contributed by atoms with Crippen LogP contribution in [0.2, 0.25) is 0 Å². The Labute approximate surface area is 118 Å². The molecule has 20 heavy (non-hydrogen) atoms. The minimum atomic E-state index is -0.523. The van der Waals surface area contributed by atoms with Crippen LogP contribution in [0.3, 0.4) is 0 Å². The summed E-state index contributed by atoms with van der Waals surface area (Å²) in [6.07, 6.45) is 0. The van der Waals surface area contributed by atoms with E-state index >= 15 is 0 Å². The third-order valence-electron chi connectivity index (χ3n) is 2.40. The van der Waals surface area contributed by atoms with Gasteiger partial charge in [-0.25, -0.2) is 4.79 Å². The monoisotopic (exact) mass is 297 g/mol. The third kappa shape index (κ3) is 3.02. The van der Waals surface area contributed by atoms with Gasteiger partial charge in [-0.05, 0) is 19.1 Å². The highest BCUT2D eigenvalue weighted by atomic mass is 32.1. The molecule has 0 aliphatic rings. The van der Waals surface area contributed by atoms with Crippen molar-refractivity contribution in [2.75, 3.05) is 11.9 Å². The Hall–Kier alpha value is -2.22. The molecule has 0 spiro atoms. The van der Waals surface area contributed by atoms with Crippen molar-refractivity contribution in [2.45, 2.75) is 6.92 Å². The SMILES string of the molecule is CCOC(=O)c1cc(NC(=O)c2ccc(F)s2)nn1C. The summed E-state index contributed by atoms with van der Waals surface area (Å²) in [5, 5.41) is 6.03. The Morgan fingerprint density at radius 3 is 2.85 bits per heavy atom. The van der Waals surface area contributed by atoms with Crippen molar-refractivity contribution in [1.82, 2.24) is 9.78 Å². The van der Waals surface area contributed by atoms with E-state index in [1.54, 1.807) is 14.0 Å². The van der Waals surface area contributed by atoms with Gasteiger partial charge >= 0.3 is 5.97 Å². The molecule has 0 atom stereocenters. The van der Waals surface area contributed by atoms with E-state index in [0.29, 0.717) is 0 Å². The van der Waals surface area contributed by atoms with Crippen molar-refractivity contribution in [2.24, 2.45) is 7.05 Å². The van der Waals surface area contributed by atoms with Gasteiger partial charge in [0.25, 0.3) is 5.91 Å². The lowest BCUT2D eigenvalue weighted by Crippen LogP contribution is -2.11. The summed E-state index contributed by atoms with van der Waals surface area (Å²) >= 11 is 0.736. The minimum Gasteiger partial charge on any atom is -0.461 e. The molecule has 0 unspecified atom stereocenters. The number of thiophene rings is 1. The first-order valence-electron chi connectivity index (χ1n) is 5.79. The van der Waals surface area contributed by atoms with Crippen LogP contribution in [-0.2, 0) is 11.8 Å². The molecule has 106 valence electrons. The number of hydrogen-bond donors (Lipinski definition) is 1. The van der Waals surface area contributed by atoms with Crippen molar-refractivity contribution in [1.29, 1.82) is 0 Å². The Morgan fingerprint density at radius 1 is 1.50 bits per heavy atom. The number of nitrogens with zero attached hydrogens (tertiary/aromatic N) is 2. The topological polar surface area (TPSA) is 73.2 Å². The van der Waals surface area contributed by atoms with Gasteiger partial charge in [-0.15, -0.1) is 11.3 Å². The van der Waals surface area contributed by atoms with Crippen LogP contribution in [0, 0.1) is 5.13 Å². The second kappa shape index (κ2) is 5.83. The van der Waals surface area contributed by atoms with Crippen LogP contribution in [0.5, 0.6) is 0 Å². The maximum atomic E-state index is 12.8. The van der Waals surface area contributed by atoms with Crippen LogP contribution in [0.15, 0.2) is 18.2 Å².